The summed E-state index contributed by atoms with van der Waals surface area (Å²) in [5, 5.41) is 13.3. The van der Waals surface area contributed by atoms with Gasteiger partial charge in [-0.25, -0.2) is 4.39 Å². The molecule has 0 aliphatic carbocycles. The maximum Gasteiger partial charge on any atom is 0.152 e. The van der Waals surface area contributed by atoms with Gasteiger partial charge in [-0.2, -0.15) is 0 Å². The number of benzene rings is 1. The van der Waals surface area contributed by atoms with Crippen molar-refractivity contribution in [1.82, 2.24) is 15.5 Å². The Kier molecular flexibility index (Phi) is 4.85. The third-order valence-corrected chi connectivity index (χ3v) is 4.14. The monoisotopic (exact) mass is 299 g/mol. The molecule has 6 heteroatoms. The van der Waals surface area contributed by atoms with Gasteiger partial charge in [0.2, 0.25) is 0 Å². The molecule has 1 unspecified atom stereocenters. The minimum Gasteiger partial charge on any atom is -0.308 e. The van der Waals surface area contributed by atoms with Crippen molar-refractivity contribution in [2.24, 2.45) is 0 Å². The number of aromatic nitrogens is 2. The Morgan fingerprint density at radius 2 is 2.16 bits per heavy atom. The van der Waals surface area contributed by atoms with Crippen molar-refractivity contribution in [2.75, 3.05) is 6.54 Å². The molecule has 0 fully saturated rings. The lowest BCUT2D eigenvalue weighted by Crippen LogP contribution is -2.19. The Balaban J connectivity index is 2.35. The van der Waals surface area contributed by atoms with Crippen molar-refractivity contribution in [1.29, 1.82) is 0 Å². The van der Waals surface area contributed by atoms with E-state index in [0.29, 0.717) is 15.6 Å². The second-order valence-electron chi connectivity index (χ2n) is 4.06. The van der Waals surface area contributed by atoms with Crippen LogP contribution in [0.25, 0.3) is 10.6 Å². The summed E-state index contributed by atoms with van der Waals surface area (Å²) >= 11 is 7.41. The van der Waals surface area contributed by atoms with Gasteiger partial charge in [-0.05, 0) is 25.1 Å². The highest BCUT2D eigenvalue weighted by Gasteiger charge is 2.18. The van der Waals surface area contributed by atoms with E-state index in [1.807, 2.05) is 6.92 Å². The zero-order valence-corrected chi connectivity index (χ0v) is 12.4. The Morgan fingerprint density at radius 1 is 1.37 bits per heavy atom. The van der Waals surface area contributed by atoms with Crippen molar-refractivity contribution in [3.05, 3.63) is 34.0 Å². The van der Waals surface area contributed by atoms with Gasteiger partial charge in [0.25, 0.3) is 0 Å². The first-order valence-electron chi connectivity index (χ1n) is 6.18. The largest absolute Gasteiger partial charge is 0.308 e. The highest BCUT2D eigenvalue weighted by Crippen LogP contribution is 2.34. The van der Waals surface area contributed by atoms with Gasteiger partial charge < -0.3 is 5.32 Å². The van der Waals surface area contributed by atoms with Crippen LogP contribution in [-0.4, -0.2) is 16.7 Å². The van der Waals surface area contributed by atoms with Crippen LogP contribution >= 0.6 is 22.9 Å². The van der Waals surface area contributed by atoms with Gasteiger partial charge in [0.05, 0.1) is 16.6 Å². The van der Waals surface area contributed by atoms with Crippen LogP contribution in [0.5, 0.6) is 0 Å². The summed E-state index contributed by atoms with van der Waals surface area (Å²) in [6.45, 7) is 4.97. The van der Waals surface area contributed by atoms with Gasteiger partial charge >= 0.3 is 0 Å². The van der Waals surface area contributed by atoms with E-state index in [0.717, 1.165) is 18.0 Å². The number of hydrogen-bond donors (Lipinski definition) is 1. The van der Waals surface area contributed by atoms with Crippen LogP contribution in [0.15, 0.2) is 18.2 Å². The fourth-order valence-corrected chi connectivity index (χ4v) is 3.20. The molecule has 1 atom stereocenters. The quantitative estimate of drug-likeness (QED) is 0.905. The van der Waals surface area contributed by atoms with E-state index in [2.05, 4.69) is 22.4 Å². The summed E-state index contributed by atoms with van der Waals surface area (Å²) < 4.78 is 13.8. The molecule has 102 valence electrons. The molecule has 3 nitrogen and oxygen atoms in total. The van der Waals surface area contributed by atoms with Crippen molar-refractivity contribution in [3.8, 4) is 10.6 Å². The van der Waals surface area contributed by atoms with Crippen LogP contribution in [0.3, 0.4) is 0 Å². The number of nitrogens with one attached hydrogen (secondary N) is 1. The van der Waals surface area contributed by atoms with Crippen LogP contribution in [0.2, 0.25) is 5.02 Å². The Bertz CT molecular complexity index is 538. The fourth-order valence-electron chi connectivity index (χ4n) is 1.83. The third kappa shape index (κ3) is 3.11. The van der Waals surface area contributed by atoms with Crippen molar-refractivity contribution >= 4 is 22.9 Å². The lowest BCUT2D eigenvalue weighted by Gasteiger charge is -2.11. The molecule has 1 aromatic heterocycles. The predicted octanol–water partition coefficient (Wildman–Crippen LogP) is 4.06. The highest BCUT2D eigenvalue weighted by atomic mass is 35.5. The van der Waals surface area contributed by atoms with E-state index < -0.39 is 0 Å². The second-order valence-corrected chi connectivity index (χ2v) is 5.48. The predicted molar refractivity (Wildman–Crippen MR) is 77.0 cm³/mol. The average Bonchev–Trinajstić information content (AvgIpc) is 2.85. The maximum absolute atomic E-state index is 13.8. The lowest BCUT2D eigenvalue weighted by molar-refractivity contribution is 0.531. The fraction of sp³-hybridized carbons (Fsp3) is 0.385. The van der Waals surface area contributed by atoms with Crippen molar-refractivity contribution in [2.45, 2.75) is 26.3 Å². The molecule has 0 bridgehead atoms. The van der Waals surface area contributed by atoms with Crippen LogP contribution < -0.4 is 5.32 Å². The van der Waals surface area contributed by atoms with Gasteiger partial charge in [0.15, 0.2) is 5.01 Å². The minimum absolute atomic E-state index is 0.154. The summed E-state index contributed by atoms with van der Waals surface area (Å²) in [5.41, 5.74) is 0.333. The van der Waals surface area contributed by atoms with Gasteiger partial charge in [-0.3, -0.25) is 0 Å². The SMILES string of the molecule is CCNC(CC)c1nnc(-c2c(F)cccc2Cl)s1. The number of hydrogen-bond acceptors (Lipinski definition) is 4. The Morgan fingerprint density at radius 3 is 2.79 bits per heavy atom. The molecule has 0 saturated heterocycles. The number of nitrogens with zero attached hydrogens (tertiary/aromatic N) is 2. The van der Waals surface area contributed by atoms with Gasteiger partial charge in [-0.15, -0.1) is 10.2 Å². The van der Waals surface area contributed by atoms with Gasteiger partial charge in [0.1, 0.15) is 10.8 Å². The molecule has 0 amide bonds. The zero-order valence-electron chi connectivity index (χ0n) is 10.8. The second kappa shape index (κ2) is 6.41. The topological polar surface area (TPSA) is 37.8 Å². The lowest BCUT2D eigenvalue weighted by atomic mass is 10.2. The van der Waals surface area contributed by atoms with E-state index in [1.54, 1.807) is 12.1 Å². The summed E-state index contributed by atoms with van der Waals surface area (Å²) in [4.78, 5) is 0. The molecule has 2 aromatic rings. The normalized spacial score (nSPS) is 12.6. The van der Waals surface area contributed by atoms with E-state index in [4.69, 9.17) is 11.6 Å². The molecule has 2 rings (SSSR count). The molecule has 1 aromatic carbocycles. The number of halogens is 2. The first-order valence-corrected chi connectivity index (χ1v) is 7.38. The molecular formula is C13H15ClFN3S. The number of rotatable bonds is 5. The van der Waals surface area contributed by atoms with Crippen LogP contribution in [0.4, 0.5) is 4.39 Å². The summed E-state index contributed by atoms with van der Waals surface area (Å²) in [5.74, 6) is -0.369. The molecule has 0 aliphatic rings. The molecule has 1 heterocycles. The smallest absolute Gasteiger partial charge is 0.152 e. The molecule has 0 radical (unpaired) electrons. The van der Waals surface area contributed by atoms with Crippen LogP contribution in [0.1, 0.15) is 31.3 Å². The van der Waals surface area contributed by atoms with Gasteiger partial charge in [0, 0.05) is 0 Å². The molecule has 19 heavy (non-hydrogen) atoms. The molecule has 1 N–H and O–H groups in total. The molecule has 0 aliphatic heterocycles. The summed E-state index contributed by atoms with van der Waals surface area (Å²) in [6, 6.07) is 4.77. The van der Waals surface area contributed by atoms with E-state index in [9.17, 15) is 4.39 Å². The average molecular weight is 300 g/mol. The summed E-state index contributed by atoms with van der Waals surface area (Å²) in [7, 11) is 0. The van der Waals surface area contributed by atoms with Crippen molar-refractivity contribution in [3.63, 3.8) is 0 Å². The molecular weight excluding hydrogens is 285 g/mol. The first kappa shape index (κ1) is 14.4. The minimum atomic E-state index is -0.369. The highest BCUT2D eigenvalue weighted by molar-refractivity contribution is 7.14. The van der Waals surface area contributed by atoms with E-state index in [-0.39, 0.29) is 11.9 Å². The Labute approximate surface area is 120 Å². The molecule has 0 saturated carbocycles. The van der Waals surface area contributed by atoms with E-state index >= 15 is 0 Å². The zero-order chi connectivity index (χ0) is 13.8. The summed E-state index contributed by atoms with van der Waals surface area (Å²) in [6.07, 6.45) is 0.910. The maximum atomic E-state index is 13.8. The van der Waals surface area contributed by atoms with Crippen LogP contribution in [0, 0.1) is 5.82 Å². The van der Waals surface area contributed by atoms with Crippen molar-refractivity contribution < 1.29 is 4.39 Å². The Hall–Kier alpha value is -1.04. The van der Waals surface area contributed by atoms with Crippen LogP contribution in [-0.2, 0) is 0 Å². The molecule has 0 spiro atoms. The van der Waals surface area contributed by atoms with Gasteiger partial charge in [-0.1, -0.05) is 42.9 Å². The standard InChI is InChI=1S/C13H15ClFN3S/c1-3-10(16-4-2)12-17-18-13(19-12)11-8(14)6-5-7-9(11)15/h5-7,10,16H,3-4H2,1-2H3. The third-order valence-electron chi connectivity index (χ3n) is 2.77. The first-order chi connectivity index (χ1) is 9.17. The van der Waals surface area contributed by atoms with E-state index in [1.165, 1.54) is 17.4 Å².